The van der Waals surface area contributed by atoms with E-state index in [9.17, 15) is 9.59 Å². The molecule has 1 saturated heterocycles. The van der Waals surface area contributed by atoms with Gasteiger partial charge in [-0.15, -0.1) is 0 Å². The first-order valence-electron chi connectivity index (χ1n) is 6.29. The summed E-state index contributed by atoms with van der Waals surface area (Å²) in [5.74, 6) is 0.420. The average molecular weight is 250 g/mol. The molecule has 1 fully saturated rings. The van der Waals surface area contributed by atoms with Crippen molar-refractivity contribution in [3.8, 4) is 0 Å². The van der Waals surface area contributed by atoms with Crippen LogP contribution < -0.4 is 11.4 Å². The van der Waals surface area contributed by atoms with Crippen molar-refractivity contribution in [3.63, 3.8) is 0 Å². The molecule has 2 rings (SSSR count). The van der Waals surface area contributed by atoms with E-state index >= 15 is 0 Å². The highest BCUT2D eigenvalue weighted by atomic mass is 16.4. The second-order valence-corrected chi connectivity index (χ2v) is 4.68. The molecule has 2 heterocycles. The fourth-order valence-corrected chi connectivity index (χ4v) is 2.38. The van der Waals surface area contributed by atoms with Crippen LogP contribution in [0.15, 0.2) is 27.6 Å². The maximum absolute atomic E-state index is 12.2. The summed E-state index contributed by atoms with van der Waals surface area (Å²) < 4.78 is 4.72. The molecular weight excluding hydrogens is 232 g/mol. The van der Waals surface area contributed by atoms with E-state index in [0.29, 0.717) is 18.0 Å². The van der Waals surface area contributed by atoms with E-state index in [0.717, 1.165) is 32.4 Å². The summed E-state index contributed by atoms with van der Waals surface area (Å²) in [5.41, 5.74) is 5.55. The van der Waals surface area contributed by atoms with Crippen LogP contribution in [-0.2, 0) is 0 Å². The second-order valence-electron chi connectivity index (χ2n) is 4.68. The molecule has 0 saturated carbocycles. The third-order valence-corrected chi connectivity index (χ3v) is 3.33. The number of amides is 1. The third kappa shape index (κ3) is 2.98. The molecule has 0 spiro atoms. The van der Waals surface area contributed by atoms with Gasteiger partial charge in [0.05, 0.1) is 5.56 Å². The number of rotatable bonds is 3. The highest BCUT2D eigenvalue weighted by Crippen LogP contribution is 2.20. The van der Waals surface area contributed by atoms with Gasteiger partial charge in [-0.25, -0.2) is 4.79 Å². The standard InChI is InChI=1S/C13H18N2O3/c14-6-5-10-2-1-7-15(8-10)13(17)11-3-4-12(16)18-9-11/h3-4,9-10H,1-2,5-8,14H2. The molecule has 5 nitrogen and oxygen atoms in total. The minimum Gasteiger partial charge on any atom is -0.430 e. The Hall–Kier alpha value is -1.62. The first kappa shape index (κ1) is 12.8. The predicted octanol–water partition coefficient (Wildman–Crippen LogP) is 0.841. The molecule has 0 radical (unpaired) electrons. The average Bonchev–Trinajstić information content (AvgIpc) is 2.39. The Morgan fingerprint density at radius 1 is 1.50 bits per heavy atom. The van der Waals surface area contributed by atoms with Gasteiger partial charge in [-0.1, -0.05) is 0 Å². The van der Waals surface area contributed by atoms with Crippen LogP contribution in [0.5, 0.6) is 0 Å². The lowest BCUT2D eigenvalue weighted by Crippen LogP contribution is -2.40. The normalized spacial score (nSPS) is 19.8. The number of hydrogen-bond donors (Lipinski definition) is 1. The number of nitrogens with two attached hydrogens (primary N) is 1. The molecule has 18 heavy (non-hydrogen) atoms. The summed E-state index contributed by atoms with van der Waals surface area (Å²) in [5, 5.41) is 0. The van der Waals surface area contributed by atoms with Crippen molar-refractivity contribution < 1.29 is 9.21 Å². The Labute approximate surface area is 106 Å². The van der Waals surface area contributed by atoms with Gasteiger partial charge >= 0.3 is 5.63 Å². The molecule has 1 aromatic rings. The molecule has 1 amide bonds. The molecule has 2 N–H and O–H groups in total. The smallest absolute Gasteiger partial charge is 0.335 e. The zero-order valence-corrected chi connectivity index (χ0v) is 10.3. The minimum absolute atomic E-state index is 0.0690. The molecule has 5 heteroatoms. The van der Waals surface area contributed by atoms with E-state index in [1.807, 2.05) is 4.90 Å². The van der Waals surface area contributed by atoms with Crippen molar-refractivity contribution >= 4 is 5.91 Å². The Kier molecular flexibility index (Phi) is 4.15. The highest BCUT2D eigenvalue weighted by molar-refractivity contribution is 5.93. The van der Waals surface area contributed by atoms with Crippen molar-refractivity contribution in [2.24, 2.45) is 11.7 Å². The Bertz CT molecular complexity index is 447. The van der Waals surface area contributed by atoms with Crippen LogP contribution in [0.4, 0.5) is 0 Å². The first-order valence-corrected chi connectivity index (χ1v) is 6.29. The first-order chi connectivity index (χ1) is 8.70. The van der Waals surface area contributed by atoms with E-state index in [1.165, 1.54) is 18.4 Å². The van der Waals surface area contributed by atoms with E-state index < -0.39 is 5.63 Å². The lowest BCUT2D eigenvalue weighted by molar-refractivity contribution is 0.0667. The zero-order valence-electron chi connectivity index (χ0n) is 10.3. The van der Waals surface area contributed by atoms with Crippen molar-refractivity contribution in [2.45, 2.75) is 19.3 Å². The van der Waals surface area contributed by atoms with Gasteiger partial charge in [-0.05, 0) is 37.8 Å². The van der Waals surface area contributed by atoms with Gasteiger partial charge in [0, 0.05) is 19.2 Å². The number of likely N-dealkylation sites (tertiary alicyclic amines) is 1. The van der Waals surface area contributed by atoms with E-state index in [-0.39, 0.29) is 5.91 Å². The zero-order chi connectivity index (χ0) is 13.0. The summed E-state index contributed by atoms with van der Waals surface area (Å²) in [6.45, 7) is 2.17. The third-order valence-electron chi connectivity index (χ3n) is 3.33. The highest BCUT2D eigenvalue weighted by Gasteiger charge is 2.24. The summed E-state index contributed by atoms with van der Waals surface area (Å²) in [4.78, 5) is 24.9. The number of carbonyl (C=O) groups is 1. The van der Waals surface area contributed by atoms with Gasteiger partial charge in [-0.2, -0.15) is 0 Å². The van der Waals surface area contributed by atoms with Crippen LogP contribution >= 0.6 is 0 Å². The summed E-state index contributed by atoms with van der Waals surface area (Å²) >= 11 is 0. The molecule has 0 aliphatic carbocycles. The molecular formula is C13H18N2O3. The van der Waals surface area contributed by atoms with E-state index in [4.69, 9.17) is 10.2 Å². The predicted molar refractivity (Wildman–Crippen MR) is 67.3 cm³/mol. The van der Waals surface area contributed by atoms with Gasteiger partial charge < -0.3 is 15.1 Å². The maximum atomic E-state index is 12.2. The molecule has 98 valence electrons. The van der Waals surface area contributed by atoms with E-state index in [1.54, 1.807) is 0 Å². The van der Waals surface area contributed by atoms with Crippen molar-refractivity contribution in [2.75, 3.05) is 19.6 Å². The fraction of sp³-hybridized carbons (Fsp3) is 0.538. The van der Waals surface area contributed by atoms with Gasteiger partial charge in [0.15, 0.2) is 0 Å². The maximum Gasteiger partial charge on any atom is 0.335 e. The molecule has 1 unspecified atom stereocenters. The van der Waals surface area contributed by atoms with E-state index in [2.05, 4.69) is 0 Å². The van der Waals surface area contributed by atoms with Gasteiger partial charge in [0.25, 0.3) is 5.91 Å². The Morgan fingerprint density at radius 3 is 3.00 bits per heavy atom. The molecule has 1 atom stereocenters. The van der Waals surface area contributed by atoms with Gasteiger partial charge in [0.1, 0.15) is 6.26 Å². The Morgan fingerprint density at radius 2 is 2.33 bits per heavy atom. The summed E-state index contributed by atoms with van der Waals surface area (Å²) in [7, 11) is 0. The van der Waals surface area contributed by atoms with Gasteiger partial charge in [0.2, 0.25) is 0 Å². The number of carbonyl (C=O) groups excluding carboxylic acids is 1. The topological polar surface area (TPSA) is 76.5 Å². The molecule has 1 aromatic heterocycles. The second kappa shape index (κ2) is 5.82. The quantitative estimate of drug-likeness (QED) is 0.862. The number of nitrogens with zero attached hydrogens (tertiary/aromatic N) is 1. The van der Waals surface area contributed by atoms with Crippen LogP contribution in [-0.4, -0.2) is 30.4 Å². The monoisotopic (exact) mass is 250 g/mol. The summed E-state index contributed by atoms with van der Waals surface area (Å²) in [6.07, 6.45) is 4.32. The lowest BCUT2D eigenvalue weighted by atomic mass is 9.94. The fourth-order valence-electron chi connectivity index (χ4n) is 2.38. The van der Waals surface area contributed by atoms with Crippen molar-refractivity contribution in [1.82, 2.24) is 4.90 Å². The Balaban J connectivity index is 2.04. The van der Waals surface area contributed by atoms with Gasteiger partial charge in [-0.3, -0.25) is 4.79 Å². The van der Waals surface area contributed by atoms with Crippen molar-refractivity contribution in [3.05, 3.63) is 34.4 Å². The number of hydrogen-bond acceptors (Lipinski definition) is 4. The molecule has 0 bridgehead atoms. The molecule has 1 aliphatic rings. The largest absolute Gasteiger partial charge is 0.430 e. The lowest BCUT2D eigenvalue weighted by Gasteiger charge is -2.32. The van der Waals surface area contributed by atoms with Crippen molar-refractivity contribution in [1.29, 1.82) is 0 Å². The SMILES string of the molecule is NCCC1CCCN(C(=O)c2ccc(=O)oc2)C1. The molecule has 0 aromatic carbocycles. The van der Waals surface area contributed by atoms with Crippen LogP contribution in [0.1, 0.15) is 29.6 Å². The van der Waals surface area contributed by atoms with Crippen LogP contribution in [0.2, 0.25) is 0 Å². The van der Waals surface area contributed by atoms with Crippen LogP contribution in [0, 0.1) is 5.92 Å². The number of piperidine rings is 1. The van der Waals surface area contributed by atoms with Crippen LogP contribution in [0.25, 0.3) is 0 Å². The van der Waals surface area contributed by atoms with Crippen LogP contribution in [0.3, 0.4) is 0 Å². The summed E-state index contributed by atoms with van der Waals surface area (Å²) in [6, 6.07) is 2.79. The minimum atomic E-state index is -0.439. The molecule has 1 aliphatic heterocycles.